The number of hydrogen-bond acceptors (Lipinski definition) is 0. The van der Waals surface area contributed by atoms with Crippen molar-refractivity contribution in [1.82, 2.24) is 0 Å². The summed E-state index contributed by atoms with van der Waals surface area (Å²) in [5.41, 5.74) is 3.83. The zero-order valence-corrected chi connectivity index (χ0v) is 19.9. The Labute approximate surface area is 175 Å². The molecule has 0 nitrogen and oxygen atoms in total. The van der Waals surface area contributed by atoms with Gasteiger partial charge in [0.2, 0.25) is 0 Å². The van der Waals surface area contributed by atoms with Gasteiger partial charge >= 0.3 is 176 Å². The third-order valence-corrected chi connectivity index (χ3v) is 24.0. The SMILES string of the molecule is [CH](=[Ru][PH](C1CCCCC1)(C1CCCCC1)C1CCCCC1)c1ccccc1. The molecule has 0 amide bonds. The van der Waals surface area contributed by atoms with Crippen molar-refractivity contribution in [2.45, 2.75) is 113 Å². The molecule has 4 rings (SSSR count). The van der Waals surface area contributed by atoms with Crippen LogP contribution in [0.25, 0.3) is 0 Å². The Bertz CT molecular complexity index is 532. The Kier molecular flexibility index (Phi) is 7.76. The van der Waals surface area contributed by atoms with Gasteiger partial charge < -0.3 is 0 Å². The van der Waals surface area contributed by atoms with Crippen LogP contribution in [0.4, 0.5) is 0 Å². The van der Waals surface area contributed by atoms with Crippen LogP contribution in [0.5, 0.6) is 0 Å². The molecule has 0 N–H and O–H groups in total. The molecule has 3 saturated carbocycles. The second kappa shape index (κ2) is 10.3. The standard InChI is InChI=1S/C18H33P.C7H6.Ru/c1-4-10-16(11-5-1)19(17-12-6-2-7-13-17)18-14-8-3-9-15-18;1-7-5-3-2-4-6-7;/h16-18H,1-15H2;1-6H;/q;;-1/p+1. The average Bonchev–Trinajstić information content (AvgIpc) is 2.77. The zero-order chi connectivity index (χ0) is 18.4. The van der Waals surface area contributed by atoms with Gasteiger partial charge in [0.15, 0.2) is 0 Å². The zero-order valence-electron chi connectivity index (χ0n) is 17.2. The molecule has 0 spiro atoms. The van der Waals surface area contributed by atoms with Gasteiger partial charge in [0.05, 0.1) is 0 Å². The molecule has 1 aromatic rings. The number of hydrogen-bond donors (Lipinski definition) is 0. The third kappa shape index (κ3) is 4.83. The van der Waals surface area contributed by atoms with Gasteiger partial charge in [-0.1, -0.05) is 0 Å². The molecule has 3 aliphatic rings. The van der Waals surface area contributed by atoms with E-state index in [1.54, 1.807) is 77.0 Å². The van der Waals surface area contributed by atoms with Gasteiger partial charge in [0.1, 0.15) is 0 Å². The van der Waals surface area contributed by atoms with E-state index in [1.807, 2.05) is 0 Å². The summed E-state index contributed by atoms with van der Waals surface area (Å²) in [4.78, 5) is 0. The fourth-order valence-corrected chi connectivity index (χ4v) is 23.9. The van der Waals surface area contributed by atoms with Gasteiger partial charge in [-0.25, -0.2) is 0 Å². The summed E-state index contributed by atoms with van der Waals surface area (Å²) in [6.07, 6.45) is 23.5. The van der Waals surface area contributed by atoms with Crippen LogP contribution < -0.4 is 0 Å². The fraction of sp³-hybridized carbons (Fsp3) is 0.720. The Morgan fingerprint density at radius 2 is 1.00 bits per heavy atom. The van der Waals surface area contributed by atoms with Crippen LogP contribution in [0.3, 0.4) is 0 Å². The van der Waals surface area contributed by atoms with E-state index in [1.165, 1.54) is 41.8 Å². The predicted octanol–water partition coefficient (Wildman–Crippen LogP) is 7.58. The Hall–Kier alpha value is 0.143. The molecule has 27 heavy (non-hydrogen) atoms. The van der Waals surface area contributed by atoms with Gasteiger partial charge in [-0.15, -0.1) is 0 Å². The molecule has 153 valence electrons. The Balaban J connectivity index is 1.72. The summed E-state index contributed by atoms with van der Waals surface area (Å²) in [5, 5.41) is 0. The average molecular weight is 473 g/mol. The van der Waals surface area contributed by atoms with Gasteiger partial charge in [0, 0.05) is 0 Å². The predicted molar refractivity (Wildman–Crippen MR) is 121 cm³/mol. The van der Waals surface area contributed by atoms with Crippen molar-refractivity contribution in [3.63, 3.8) is 0 Å². The van der Waals surface area contributed by atoms with Crippen molar-refractivity contribution in [3.8, 4) is 0 Å². The van der Waals surface area contributed by atoms with Crippen LogP contribution in [0.15, 0.2) is 30.3 Å². The summed E-state index contributed by atoms with van der Waals surface area (Å²) in [6.45, 7) is 0. The molecule has 0 heterocycles. The molecular weight excluding hydrogens is 432 g/mol. The topological polar surface area (TPSA) is 0 Å². The van der Waals surface area contributed by atoms with Crippen LogP contribution in [0, 0.1) is 0 Å². The summed E-state index contributed by atoms with van der Waals surface area (Å²) >= 11 is 0.462. The van der Waals surface area contributed by atoms with E-state index in [4.69, 9.17) is 0 Å². The van der Waals surface area contributed by atoms with Gasteiger partial charge in [-0.2, -0.15) is 0 Å². The van der Waals surface area contributed by atoms with E-state index in [0.29, 0.717) is 16.2 Å². The normalized spacial score (nSPS) is 25.3. The molecule has 0 radical (unpaired) electrons. The molecule has 0 aromatic heterocycles. The van der Waals surface area contributed by atoms with Crippen LogP contribution in [-0.2, 0) is 16.2 Å². The van der Waals surface area contributed by atoms with Gasteiger partial charge in [-0.05, 0) is 0 Å². The molecule has 1 aromatic carbocycles. The van der Waals surface area contributed by atoms with E-state index >= 15 is 0 Å². The van der Waals surface area contributed by atoms with Gasteiger partial charge in [-0.3, -0.25) is 0 Å². The molecule has 2 heteroatoms. The fourth-order valence-electron chi connectivity index (χ4n) is 6.53. The Morgan fingerprint density at radius 1 is 0.593 bits per heavy atom. The van der Waals surface area contributed by atoms with E-state index < -0.39 is 5.59 Å². The molecule has 0 bridgehead atoms. The quantitative estimate of drug-likeness (QED) is 0.306. The first-order valence-corrected chi connectivity index (χ1v) is 17.6. The van der Waals surface area contributed by atoms with Crippen molar-refractivity contribution < 1.29 is 16.2 Å². The molecule has 3 fully saturated rings. The minimum absolute atomic E-state index is 0.462. The monoisotopic (exact) mass is 473 g/mol. The van der Waals surface area contributed by atoms with E-state index in [2.05, 4.69) is 34.9 Å². The van der Waals surface area contributed by atoms with Crippen molar-refractivity contribution in [1.29, 1.82) is 0 Å². The van der Waals surface area contributed by atoms with Crippen molar-refractivity contribution in [2.75, 3.05) is 0 Å². The molecule has 3 aliphatic carbocycles. The van der Waals surface area contributed by atoms with Crippen LogP contribution in [-0.4, -0.2) is 21.6 Å². The molecule has 0 unspecified atom stereocenters. The van der Waals surface area contributed by atoms with E-state index in [0.717, 1.165) is 0 Å². The molecular formula is C25H40PRu. The second-order valence-electron chi connectivity index (χ2n) is 9.43. The van der Waals surface area contributed by atoms with Crippen molar-refractivity contribution in [2.24, 2.45) is 0 Å². The summed E-state index contributed by atoms with van der Waals surface area (Å²) in [7, 11) is 0. The second-order valence-corrected chi connectivity index (χ2v) is 20.2. The van der Waals surface area contributed by atoms with E-state index in [-0.39, 0.29) is 0 Å². The summed E-state index contributed by atoms with van der Waals surface area (Å²) < 4.78 is 2.80. The summed E-state index contributed by atoms with van der Waals surface area (Å²) in [5.74, 6) is 0. The van der Waals surface area contributed by atoms with Gasteiger partial charge in [0.25, 0.3) is 0 Å². The first-order chi connectivity index (χ1) is 13.4. The maximum atomic E-state index is 2.80. The first-order valence-electron chi connectivity index (χ1n) is 11.9. The molecule has 0 aliphatic heterocycles. The minimum atomic E-state index is -1.24. The summed E-state index contributed by atoms with van der Waals surface area (Å²) in [6, 6.07) is 11.4. The molecule has 0 atom stereocenters. The van der Waals surface area contributed by atoms with Crippen LogP contribution in [0.2, 0.25) is 0 Å². The van der Waals surface area contributed by atoms with Crippen molar-refractivity contribution >= 4 is 10.2 Å². The molecule has 0 saturated heterocycles. The van der Waals surface area contributed by atoms with Crippen LogP contribution in [0.1, 0.15) is 102 Å². The van der Waals surface area contributed by atoms with Crippen LogP contribution >= 0.6 is 5.59 Å². The third-order valence-electron chi connectivity index (χ3n) is 7.81. The Morgan fingerprint density at radius 3 is 1.41 bits per heavy atom. The first kappa shape index (κ1) is 20.4. The maximum absolute atomic E-state index is 2.80. The van der Waals surface area contributed by atoms with Crippen molar-refractivity contribution in [3.05, 3.63) is 35.9 Å². The van der Waals surface area contributed by atoms with E-state index in [9.17, 15) is 0 Å². The number of benzene rings is 1. The number of rotatable bonds is 5.